The summed E-state index contributed by atoms with van der Waals surface area (Å²) in [5.41, 5.74) is -1.00. The lowest BCUT2D eigenvalue weighted by molar-refractivity contribution is -0.165. The lowest BCUT2D eigenvalue weighted by atomic mass is 9.71. The molecule has 1 saturated carbocycles. The molecule has 1 aliphatic rings. The molecule has 7 heteroatoms. The molecule has 0 aliphatic heterocycles. The summed E-state index contributed by atoms with van der Waals surface area (Å²) in [5.74, 6) is -0.835. The Balaban J connectivity index is 2.72. The van der Waals surface area contributed by atoms with Gasteiger partial charge in [0.25, 0.3) is 0 Å². The van der Waals surface area contributed by atoms with E-state index in [2.05, 4.69) is 6.92 Å². The number of aliphatic hydroxyl groups excluding tert-OH is 2. The van der Waals surface area contributed by atoms with Gasteiger partial charge in [-0.25, -0.2) is 4.79 Å². The molecular weight excluding hydrogens is 400 g/mol. The van der Waals surface area contributed by atoms with Gasteiger partial charge in [0, 0.05) is 0 Å². The van der Waals surface area contributed by atoms with Crippen molar-refractivity contribution in [2.75, 3.05) is 26.4 Å². The number of rotatable bonds is 16. The minimum absolute atomic E-state index is 0.0486. The number of unbranched alkanes of at least 4 members (excludes halogenated alkanes) is 2. The molecule has 0 radical (unpaired) electrons. The molecule has 31 heavy (non-hydrogen) atoms. The molecule has 1 fully saturated rings. The van der Waals surface area contributed by atoms with Crippen molar-refractivity contribution in [3.8, 4) is 0 Å². The van der Waals surface area contributed by atoms with E-state index in [0.717, 1.165) is 32.1 Å². The zero-order chi connectivity index (χ0) is 23.1. The van der Waals surface area contributed by atoms with E-state index in [1.807, 2.05) is 6.08 Å². The van der Waals surface area contributed by atoms with Crippen molar-refractivity contribution in [3.05, 3.63) is 12.2 Å². The van der Waals surface area contributed by atoms with E-state index in [1.54, 1.807) is 19.9 Å². The van der Waals surface area contributed by atoms with Crippen LogP contribution in [0.2, 0.25) is 0 Å². The Morgan fingerprint density at radius 1 is 1.06 bits per heavy atom. The molecule has 0 aromatic heterocycles. The number of carbonyl (C=O) groups is 2. The van der Waals surface area contributed by atoms with Crippen LogP contribution in [0.4, 0.5) is 0 Å². The summed E-state index contributed by atoms with van der Waals surface area (Å²) in [7, 11) is 0. The molecule has 0 spiro atoms. The van der Waals surface area contributed by atoms with Gasteiger partial charge in [-0.3, -0.25) is 4.79 Å². The maximum Gasteiger partial charge on any atom is 0.332 e. The topological polar surface area (TPSA) is 102 Å². The van der Waals surface area contributed by atoms with Gasteiger partial charge in [-0.2, -0.15) is 0 Å². The van der Waals surface area contributed by atoms with Gasteiger partial charge in [0.2, 0.25) is 0 Å². The van der Waals surface area contributed by atoms with Crippen LogP contribution in [0.25, 0.3) is 0 Å². The van der Waals surface area contributed by atoms with Gasteiger partial charge in [0.05, 0.1) is 37.4 Å². The fraction of sp³-hybridized carbons (Fsp3) is 0.833. The van der Waals surface area contributed by atoms with Crippen LogP contribution < -0.4 is 0 Å². The van der Waals surface area contributed by atoms with Crippen molar-refractivity contribution in [2.45, 2.75) is 90.8 Å². The summed E-state index contributed by atoms with van der Waals surface area (Å²) in [6.45, 7) is 6.30. The molecule has 0 aromatic carbocycles. The Morgan fingerprint density at radius 2 is 1.81 bits per heavy atom. The van der Waals surface area contributed by atoms with Crippen LogP contribution >= 0.6 is 0 Å². The Morgan fingerprint density at radius 3 is 2.48 bits per heavy atom. The Bertz CT molecular complexity index is 548. The van der Waals surface area contributed by atoms with Gasteiger partial charge in [-0.15, -0.1) is 0 Å². The Kier molecular flexibility index (Phi) is 13.7. The first-order valence-corrected chi connectivity index (χ1v) is 11.8. The van der Waals surface area contributed by atoms with E-state index in [4.69, 9.17) is 14.2 Å². The van der Waals surface area contributed by atoms with Crippen molar-refractivity contribution in [1.29, 1.82) is 0 Å². The molecule has 2 N–H and O–H groups in total. The van der Waals surface area contributed by atoms with Gasteiger partial charge >= 0.3 is 11.9 Å². The van der Waals surface area contributed by atoms with Crippen LogP contribution in [-0.2, 0) is 23.8 Å². The van der Waals surface area contributed by atoms with Crippen LogP contribution in [0.5, 0.6) is 0 Å². The highest BCUT2D eigenvalue weighted by Crippen LogP contribution is 2.50. The summed E-state index contributed by atoms with van der Waals surface area (Å²) >= 11 is 0. The van der Waals surface area contributed by atoms with Crippen LogP contribution in [0.3, 0.4) is 0 Å². The summed E-state index contributed by atoms with van der Waals surface area (Å²) in [5, 5.41) is 21.1. The molecule has 0 aromatic rings. The summed E-state index contributed by atoms with van der Waals surface area (Å²) in [6, 6.07) is 0. The Hall–Kier alpha value is -1.44. The molecule has 4 atom stereocenters. The van der Waals surface area contributed by atoms with E-state index in [0.29, 0.717) is 32.3 Å². The third-order valence-electron chi connectivity index (χ3n) is 6.12. The second-order valence-corrected chi connectivity index (χ2v) is 8.27. The summed E-state index contributed by atoms with van der Waals surface area (Å²) in [4.78, 5) is 24.3. The van der Waals surface area contributed by atoms with E-state index in [-0.39, 0.29) is 37.8 Å². The predicted octanol–water partition coefficient (Wildman–Crippen LogP) is 3.55. The van der Waals surface area contributed by atoms with Gasteiger partial charge in [-0.05, 0) is 58.3 Å². The van der Waals surface area contributed by atoms with Crippen molar-refractivity contribution in [1.82, 2.24) is 0 Å². The molecule has 0 saturated heterocycles. The fourth-order valence-electron chi connectivity index (χ4n) is 4.43. The zero-order valence-corrected chi connectivity index (χ0v) is 19.5. The van der Waals surface area contributed by atoms with Crippen molar-refractivity contribution >= 4 is 11.9 Å². The van der Waals surface area contributed by atoms with E-state index in [1.165, 1.54) is 0 Å². The molecule has 1 rings (SSSR count). The monoisotopic (exact) mass is 442 g/mol. The molecule has 0 bridgehead atoms. The SMILES string of the molecule is CCCCCC(O)CCC1CCC(O)C1(C/C=C/COCC(=O)OCC)C(=O)OCC. The van der Waals surface area contributed by atoms with Crippen LogP contribution in [0.1, 0.15) is 78.6 Å². The molecule has 4 unspecified atom stereocenters. The highest BCUT2D eigenvalue weighted by atomic mass is 16.6. The van der Waals surface area contributed by atoms with Crippen molar-refractivity contribution < 1.29 is 34.0 Å². The average Bonchev–Trinajstić information content (AvgIpc) is 3.06. The Labute approximate surface area is 187 Å². The van der Waals surface area contributed by atoms with Gasteiger partial charge in [0.1, 0.15) is 6.61 Å². The first-order valence-electron chi connectivity index (χ1n) is 11.8. The maximum atomic E-state index is 13.0. The lowest BCUT2D eigenvalue weighted by Crippen LogP contribution is -2.44. The van der Waals surface area contributed by atoms with Crippen molar-refractivity contribution in [2.24, 2.45) is 11.3 Å². The molecule has 0 amide bonds. The van der Waals surface area contributed by atoms with Crippen LogP contribution in [0, 0.1) is 11.3 Å². The smallest absolute Gasteiger partial charge is 0.332 e. The quantitative estimate of drug-likeness (QED) is 0.214. The molecular formula is C24H42O7. The average molecular weight is 443 g/mol. The highest BCUT2D eigenvalue weighted by molar-refractivity contribution is 5.79. The number of ether oxygens (including phenoxy) is 3. The molecule has 7 nitrogen and oxygen atoms in total. The van der Waals surface area contributed by atoms with Crippen LogP contribution in [-0.4, -0.2) is 60.8 Å². The van der Waals surface area contributed by atoms with E-state index < -0.39 is 17.5 Å². The lowest BCUT2D eigenvalue weighted by Gasteiger charge is -2.35. The third kappa shape index (κ3) is 8.91. The van der Waals surface area contributed by atoms with Gasteiger partial charge in [-0.1, -0.05) is 38.3 Å². The number of allylic oxidation sites excluding steroid dienone is 1. The number of hydrogen-bond donors (Lipinski definition) is 2. The van der Waals surface area contributed by atoms with Crippen molar-refractivity contribution in [3.63, 3.8) is 0 Å². The molecule has 180 valence electrons. The third-order valence-corrected chi connectivity index (χ3v) is 6.12. The first kappa shape index (κ1) is 27.6. The molecule has 0 heterocycles. The zero-order valence-electron chi connectivity index (χ0n) is 19.5. The second kappa shape index (κ2) is 15.4. The number of aliphatic hydroxyl groups is 2. The largest absolute Gasteiger partial charge is 0.465 e. The minimum Gasteiger partial charge on any atom is -0.465 e. The van der Waals surface area contributed by atoms with Gasteiger partial charge in [0.15, 0.2) is 0 Å². The number of carbonyl (C=O) groups excluding carboxylic acids is 2. The standard InChI is InChI=1S/C24H42O7/c1-4-7-8-11-20(25)14-12-19-13-15-21(26)24(19,23(28)31-6-3)16-9-10-17-29-18-22(27)30-5-2/h9-10,19-21,25-26H,4-8,11-18H2,1-3H3/b10-9+. The van der Waals surface area contributed by atoms with E-state index in [9.17, 15) is 19.8 Å². The number of esters is 2. The molecule has 1 aliphatic carbocycles. The highest BCUT2D eigenvalue weighted by Gasteiger charge is 2.55. The van der Waals surface area contributed by atoms with Crippen LogP contribution in [0.15, 0.2) is 12.2 Å². The predicted molar refractivity (Wildman–Crippen MR) is 118 cm³/mol. The minimum atomic E-state index is -1.00. The maximum absolute atomic E-state index is 13.0. The normalized spacial score (nSPS) is 24.4. The number of hydrogen-bond acceptors (Lipinski definition) is 7. The second-order valence-electron chi connectivity index (χ2n) is 8.27. The summed E-state index contributed by atoms with van der Waals surface area (Å²) in [6.07, 6.45) is 9.32. The first-order chi connectivity index (χ1) is 14.9. The summed E-state index contributed by atoms with van der Waals surface area (Å²) < 4.78 is 15.4. The van der Waals surface area contributed by atoms with Gasteiger partial charge < -0.3 is 24.4 Å². The van der Waals surface area contributed by atoms with E-state index >= 15 is 0 Å². The fourth-order valence-corrected chi connectivity index (χ4v) is 4.43.